The molecule has 0 saturated heterocycles. The van der Waals surface area contributed by atoms with Crippen LogP contribution in [0, 0.1) is 17.1 Å². The summed E-state index contributed by atoms with van der Waals surface area (Å²) in [6.07, 6.45) is -0.331. The molecule has 0 unspecified atom stereocenters. The smallest absolute Gasteiger partial charge is 0.173 e. The first kappa shape index (κ1) is 10.1. The van der Waals surface area contributed by atoms with Gasteiger partial charge < -0.3 is 14.9 Å². The third-order valence-corrected chi connectivity index (χ3v) is 1.75. The molecule has 0 aliphatic carbocycles. The van der Waals surface area contributed by atoms with Crippen molar-refractivity contribution in [2.24, 2.45) is 0 Å². The second-order valence-corrected chi connectivity index (χ2v) is 2.57. The van der Waals surface area contributed by atoms with Crippen LogP contribution >= 0.6 is 0 Å². The van der Waals surface area contributed by atoms with Gasteiger partial charge >= 0.3 is 0 Å². The van der Waals surface area contributed by atoms with Gasteiger partial charge in [-0.05, 0) is 0 Å². The predicted molar refractivity (Wildman–Crippen MR) is 45.6 cm³/mol. The van der Waals surface area contributed by atoms with Gasteiger partial charge in [-0.3, -0.25) is 0 Å². The van der Waals surface area contributed by atoms with Gasteiger partial charge in [-0.2, -0.15) is 5.26 Å². The van der Waals surface area contributed by atoms with E-state index in [0.29, 0.717) is 0 Å². The highest BCUT2D eigenvalue weighted by molar-refractivity contribution is 5.52. The Bertz CT molecular complexity index is 398. The molecule has 0 amide bonds. The number of methoxy groups -OCH3 is 1. The summed E-state index contributed by atoms with van der Waals surface area (Å²) < 4.78 is 18.0. The number of halogens is 1. The number of benzene rings is 1. The van der Waals surface area contributed by atoms with E-state index in [1.165, 1.54) is 7.11 Å². The third kappa shape index (κ3) is 1.55. The number of aromatic hydroxyl groups is 2. The zero-order valence-electron chi connectivity index (χ0n) is 7.41. The highest BCUT2D eigenvalue weighted by atomic mass is 19.1. The molecule has 0 aliphatic heterocycles. The fourth-order valence-corrected chi connectivity index (χ4v) is 1.05. The van der Waals surface area contributed by atoms with E-state index >= 15 is 0 Å². The van der Waals surface area contributed by atoms with Crippen LogP contribution in [0.2, 0.25) is 0 Å². The normalized spacial score (nSPS) is 9.50. The van der Waals surface area contributed by atoms with Gasteiger partial charge in [-0.25, -0.2) is 4.39 Å². The van der Waals surface area contributed by atoms with Crippen LogP contribution in [0.25, 0.3) is 0 Å². The first-order valence-electron chi connectivity index (χ1n) is 3.76. The average Bonchev–Trinajstić information content (AvgIpc) is 2.18. The molecule has 4 nitrogen and oxygen atoms in total. The van der Waals surface area contributed by atoms with E-state index in [0.717, 1.165) is 6.07 Å². The maximum Gasteiger partial charge on any atom is 0.173 e. The molecule has 74 valence electrons. The van der Waals surface area contributed by atoms with Crippen molar-refractivity contribution in [1.82, 2.24) is 0 Å². The van der Waals surface area contributed by atoms with Gasteiger partial charge in [0, 0.05) is 6.07 Å². The maximum atomic E-state index is 13.4. The Labute approximate surface area is 79.8 Å². The van der Waals surface area contributed by atoms with Crippen molar-refractivity contribution < 1.29 is 19.3 Å². The lowest BCUT2D eigenvalue weighted by molar-refractivity contribution is 0.360. The molecule has 1 aromatic carbocycles. The summed E-state index contributed by atoms with van der Waals surface area (Å²) in [6.45, 7) is 0. The van der Waals surface area contributed by atoms with Gasteiger partial charge in [-0.15, -0.1) is 0 Å². The van der Waals surface area contributed by atoms with Gasteiger partial charge in [0.25, 0.3) is 0 Å². The van der Waals surface area contributed by atoms with Crippen LogP contribution in [0.15, 0.2) is 6.07 Å². The van der Waals surface area contributed by atoms with E-state index < -0.39 is 17.3 Å². The second kappa shape index (κ2) is 3.83. The monoisotopic (exact) mass is 197 g/mol. The number of hydrogen-bond acceptors (Lipinski definition) is 4. The predicted octanol–water partition coefficient (Wildman–Crippen LogP) is 1.31. The van der Waals surface area contributed by atoms with Crippen LogP contribution in [0.4, 0.5) is 4.39 Å². The minimum atomic E-state index is -0.829. The second-order valence-electron chi connectivity index (χ2n) is 2.57. The van der Waals surface area contributed by atoms with Crippen LogP contribution in [-0.4, -0.2) is 17.3 Å². The molecule has 0 spiro atoms. The van der Waals surface area contributed by atoms with Crippen molar-refractivity contribution in [2.45, 2.75) is 6.42 Å². The molecule has 14 heavy (non-hydrogen) atoms. The van der Waals surface area contributed by atoms with E-state index in [9.17, 15) is 9.50 Å². The Morgan fingerprint density at radius 1 is 1.57 bits per heavy atom. The summed E-state index contributed by atoms with van der Waals surface area (Å²) in [5, 5.41) is 26.8. The largest absolute Gasteiger partial charge is 0.504 e. The lowest BCUT2D eigenvalue weighted by Crippen LogP contribution is -1.95. The number of ether oxygens (including phenoxy) is 1. The van der Waals surface area contributed by atoms with Gasteiger partial charge in [0.15, 0.2) is 23.1 Å². The Hall–Kier alpha value is -1.96. The molecule has 0 aliphatic rings. The topological polar surface area (TPSA) is 73.5 Å². The molecular formula is C9H8FNO3. The Morgan fingerprint density at radius 3 is 2.71 bits per heavy atom. The first-order chi connectivity index (χ1) is 6.61. The SMILES string of the molecule is COc1cc(O)c(O)c(CC#N)c1F. The summed E-state index contributed by atoms with van der Waals surface area (Å²) >= 11 is 0. The molecule has 0 heterocycles. The maximum absolute atomic E-state index is 13.4. The van der Waals surface area contributed by atoms with Crippen LogP contribution in [0.3, 0.4) is 0 Å². The van der Waals surface area contributed by atoms with E-state index in [1.54, 1.807) is 6.07 Å². The van der Waals surface area contributed by atoms with E-state index in [2.05, 4.69) is 4.74 Å². The molecule has 0 atom stereocenters. The van der Waals surface area contributed by atoms with E-state index in [4.69, 9.17) is 10.4 Å². The highest BCUT2D eigenvalue weighted by Crippen LogP contribution is 2.36. The summed E-state index contributed by atoms with van der Waals surface area (Å²) in [5.41, 5.74) is -0.260. The van der Waals surface area contributed by atoms with Gasteiger partial charge in [0.05, 0.1) is 25.2 Å². The molecular weight excluding hydrogens is 189 g/mol. The average molecular weight is 197 g/mol. The molecule has 0 fully saturated rings. The van der Waals surface area contributed by atoms with E-state index in [-0.39, 0.29) is 17.7 Å². The lowest BCUT2D eigenvalue weighted by atomic mass is 10.1. The molecule has 1 rings (SSSR count). The van der Waals surface area contributed by atoms with Crippen LogP contribution in [-0.2, 0) is 6.42 Å². The number of nitriles is 1. The van der Waals surface area contributed by atoms with Gasteiger partial charge in [-0.1, -0.05) is 0 Å². The van der Waals surface area contributed by atoms with Crippen molar-refractivity contribution in [3.63, 3.8) is 0 Å². The highest BCUT2D eigenvalue weighted by Gasteiger charge is 2.17. The number of phenols is 2. The summed E-state index contributed by atoms with van der Waals surface area (Å²) in [7, 11) is 1.23. The first-order valence-corrected chi connectivity index (χ1v) is 3.76. The Balaban J connectivity index is 3.38. The number of nitrogens with zero attached hydrogens (tertiary/aromatic N) is 1. The van der Waals surface area contributed by atoms with Crippen LogP contribution in [0.1, 0.15) is 5.56 Å². The van der Waals surface area contributed by atoms with Crippen molar-refractivity contribution in [2.75, 3.05) is 7.11 Å². The Kier molecular flexibility index (Phi) is 2.77. The molecule has 2 N–H and O–H groups in total. The molecule has 1 aromatic rings. The molecule has 0 aromatic heterocycles. The zero-order valence-corrected chi connectivity index (χ0v) is 7.41. The van der Waals surface area contributed by atoms with Crippen LogP contribution < -0.4 is 4.74 Å². The van der Waals surface area contributed by atoms with Crippen molar-refractivity contribution in [3.8, 4) is 23.3 Å². The fraction of sp³-hybridized carbons (Fsp3) is 0.222. The number of phenolic OH excluding ortho intramolecular Hbond substituents is 2. The van der Waals surface area contributed by atoms with E-state index in [1.807, 2.05) is 0 Å². The van der Waals surface area contributed by atoms with Gasteiger partial charge in [0.2, 0.25) is 0 Å². The van der Waals surface area contributed by atoms with Crippen molar-refractivity contribution in [1.29, 1.82) is 5.26 Å². The van der Waals surface area contributed by atoms with Gasteiger partial charge in [0.1, 0.15) is 0 Å². The van der Waals surface area contributed by atoms with Crippen LogP contribution in [0.5, 0.6) is 17.2 Å². The molecule has 0 radical (unpaired) electrons. The molecule has 5 heteroatoms. The number of hydrogen-bond donors (Lipinski definition) is 2. The molecule has 0 bridgehead atoms. The third-order valence-electron chi connectivity index (χ3n) is 1.75. The summed E-state index contributed by atoms with van der Waals surface area (Å²) in [4.78, 5) is 0. The summed E-state index contributed by atoms with van der Waals surface area (Å²) in [6, 6.07) is 2.63. The number of rotatable bonds is 2. The van der Waals surface area contributed by atoms with Crippen molar-refractivity contribution >= 4 is 0 Å². The lowest BCUT2D eigenvalue weighted by Gasteiger charge is -2.08. The fourth-order valence-electron chi connectivity index (χ4n) is 1.05. The minimum Gasteiger partial charge on any atom is -0.504 e. The quantitative estimate of drug-likeness (QED) is 0.701. The minimum absolute atomic E-state index is 0.203. The van der Waals surface area contributed by atoms with Crippen molar-refractivity contribution in [3.05, 3.63) is 17.4 Å². The summed E-state index contributed by atoms with van der Waals surface area (Å²) in [5.74, 6) is -2.16. The standard InChI is InChI=1S/C9H8FNO3/c1-14-7-4-6(12)9(13)5(2-3-11)8(7)10/h4,12-13H,2H2,1H3. The molecule has 0 saturated carbocycles. The zero-order chi connectivity index (χ0) is 10.7. The Morgan fingerprint density at radius 2 is 2.21 bits per heavy atom.